The molecule has 1 heterocycles. The second-order valence-electron chi connectivity index (χ2n) is 6.58. The Morgan fingerprint density at radius 3 is 2.28 bits per heavy atom. The van der Waals surface area contributed by atoms with E-state index < -0.39 is 5.60 Å². The van der Waals surface area contributed by atoms with Crippen LogP contribution in [0.3, 0.4) is 0 Å². The second kappa shape index (κ2) is 5.41. The molecule has 104 valence electrons. The number of hydrogen-bond acceptors (Lipinski definition) is 3. The number of rotatable bonds is 5. The Bertz CT molecular complexity index is 371. The van der Waals surface area contributed by atoms with E-state index in [0.29, 0.717) is 6.54 Å². The normalized spacial score (nSPS) is 13.3. The summed E-state index contributed by atoms with van der Waals surface area (Å²) in [6.45, 7) is 14.6. The molecule has 0 aliphatic heterocycles. The van der Waals surface area contributed by atoms with Gasteiger partial charge in [-0.1, -0.05) is 6.92 Å². The van der Waals surface area contributed by atoms with E-state index in [4.69, 9.17) is 0 Å². The fraction of sp³-hybridized carbons (Fsp3) is 0.786. The minimum Gasteiger partial charge on any atom is -0.389 e. The van der Waals surface area contributed by atoms with Crippen molar-refractivity contribution in [2.75, 3.05) is 13.1 Å². The summed E-state index contributed by atoms with van der Waals surface area (Å²) in [4.78, 5) is 2.23. The third-order valence-electron chi connectivity index (χ3n) is 2.79. The first-order valence-electron chi connectivity index (χ1n) is 6.60. The molecular weight excluding hydrogens is 226 g/mol. The summed E-state index contributed by atoms with van der Waals surface area (Å²) in [7, 11) is 0. The first-order chi connectivity index (χ1) is 8.12. The number of nitrogens with zero attached hydrogens (tertiary/aromatic N) is 3. The van der Waals surface area contributed by atoms with Crippen LogP contribution in [0.2, 0.25) is 0 Å². The average Bonchev–Trinajstić information content (AvgIpc) is 2.62. The van der Waals surface area contributed by atoms with Gasteiger partial charge in [0.2, 0.25) is 0 Å². The van der Waals surface area contributed by atoms with Gasteiger partial charge in [0.25, 0.3) is 0 Å². The van der Waals surface area contributed by atoms with Gasteiger partial charge in [-0.2, -0.15) is 5.10 Å². The van der Waals surface area contributed by atoms with Gasteiger partial charge in [-0.3, -0.25) is 9.58 Å². The molecule has 0 fully saturated rings. The van der Waals surface area contributed by atoms with Crippen molar-refractivity contribution in [1.29, 1.82) is 0 Å². The lowest BCUT2D eigenvalue weighted by Gasteiger charge is -2.27. The van der Waals surface area contributed by atoms with Crippen LogP contribution >= 0.6 is 0 Å². The fourth-order valence-electron chi connectivity index (χ4n) is 1.89. The summed E-state index contributed by atoms with van der Waals surface area (Å²) in [5.41, 5.74) is 0.553. The molecule has 0 saturated heterocycles. The van der Waals surface area contributed by atoms with Gasteiger partial charge in [0.05, 0.1) is 17.3 Å². The van der Waals surface area contributed by atoms with Crippen molar-refractivity contribution in [2.45, 2.75) is 59.2 Å². The highest BCUT2D eigenvalue weighted by molar-refractivity contribution is 5.05. The Morgan fingerprint density at radius 1 is 1.28 bits per heavy atom. The molecule has 18 heavy (non-hydrogen) atoms. The molecule has 1 rings (SSSR count). The van der Waals surface area contributed by atoms with E-state index in [1.54, 1.807) is 0 Å². The molecule has 4 heteroatoms. The summed E-state index contributed by atoms with van der Waals surface area (Å²) in [6.07, 6.45) is 4.01. The number of aromatic nitrogens is 2. The molecule has 0 aromatic carbocycles. The molecule has 0 bridgehead atoms. The molecule has 1 N–H and O–H groups in total. The number of hydrogen-bond donors (Lipinski definition) is 1. The van der Waals surface area contributed by atoms with Gasteiger partial charge in [-0.15, -0.1) is 0 Å². The van der Waals surface area contributed by atoms with Crippen molar-refractivity contribution in [3.63, 3.8) is 0 Å². The third kappa shape index (κ3) is 4.78. The van der Waals surface area contributed by atoms with E-state index in [0.717, 1.165) is 13.1 Å². The van der Waals surface area contributed by atoms with Crippen molar-refractivity contribution in [3.05, 3.63) is 18.0 Å². The van der Waals surface area contributed by atoms with Crippen LogP contribution in [0.4, 0.5) is 0 Å². The number of aliphatic hydroxyl groups is 1. The Kier molecular flexibility index (Phi) is 4.56. The quantitative estimate of drug-likeness (QED) is 0.875. The van der Waals surface area contributed by atoms with Gasteiger partial charge in [0.15, 0.2) is 0 Å². The SMILES string of the molecule is CCN(Cc1cnn(C(C)(C)C)c1)CC(C)(C)O. The average molecular weight is 253 g/mol. The summed E-state index contributed by atoms with van der Waals surface area (Å²) in [5, 5.41) is 14.3. The third-order valence-corrected chi connectivity index (χ3v) is 2.79. The van der Waals surface area contributed by atoms with E-state index in [-0.39, 0.29) is 5.54 Å². The highest BCUT2D eigenvalue weighted by Crippen LogP contribution is 2.15. The zero-order valence-electron chi connectivity index (χ0n) is 12.6. The largest absolute Gasteiger partial charge is 0.389 e. The van der Waals surface area contributed by atoms with Gasteiger partial charge >= 0.3 is 0 Å². The maximum Gasteiger partial charge on any atom is 0.0718 e. The molecule has 0 spiro atoms. The first kappa shape index (κ1) is 15.2. The second-order valence-corrected chi connectivity index (χ2v) is 6.58. The molecule has 0 unspecified atom stereocenters. The van der Waals surface area contributed by atoms with Crippen LogP contribution in [0.1, 0.15) is 47.1 Å². The highest BCUT2D eigenvalue weighted by Gasteiger charge is 2.19. The highest BCUT2D eigenvalue weighted by atomic mass is 16.3. The predicted octanol–water partition coefficient (Wildman–Crippen LogP) is 2.23. The molecule has 0 atom stereocenters. The minimum absolute atomic E-state index is 0.0194. The predicted molar refractivity (Wildman–Crippen MR) is 74.5 cm³/mol. The molecule has 0 radical (unpaired) electrons. The van der Waals surface area contributed by atoms with Crippen LogP contribution in [0.15, 0.2) is 12.4 Å². The maximum absolute atomic E-state index is 9.87. The standard InChI is InChI=1S/C14H27N3O/c1-7-16(11-14(5,6)18)9-12-8-15-17(10-12)13(2,3)4/h8,10,18H,7,9,11H2,1-6H3. The monoisotopic (exact) mass is 253 g/mol. The molecule has 0 saturated carbocycles. The first-order valence-corrected chi connectivity index (χ1v) is 6.60. The van der Waals surface area contributed by atoms with E-state index in [1.807, 2.05) is 24.7 Å². The van der Waals surface area contributed by atoms with Gasteiger partial charge < -0.3 is 5.11 Å². The molecule has 0 aliphatic rings. The zero-order valence-corrected chi connectivity index (χ0v) is 12.6. The smallest absolute Gasteiger partial charge is 0.0718 e. The summed E-state index contributed by atoms with van der Waals surface area (Å²) >= 11 is 0. The Labute approximate surface area is 111 Å². The Hall–Kier alpha value is -0.870. The van der Waals surface area contributed by atoms with Crippen LogP contribution in [-0.2, 0) is 12.1 Å². The number of likely N-dealkylation sites (N-methyl/N-ethyl adjacent to an activating group) is 1. The summed E-state index contributed by atoms with van der Waals surface area (Å²) in [6, 6.07) is 0. The Morgan fingerprint density at radius 2 is 1.89 bits per heavy atom. The van der Waals surface area contributed by atoms with Crippen LogP contribution in [0.25, 0.3) is 0 Å². The molecule has 1 aromatic heterocycles. The topological polar surface area (TPSA) is 41.3 Å². The zero-order chi connectivity index (χ0) is 14.0. The van der Waals surface area contributed by atoms with Crippen molar-refractivity contribution in [1.82, 2.24) is 14.7 Å². The molecule has 4 nitrogen and oxygen atoms in total. The lowest BCUT2D eigenvalue weighted by Crippen LogP contribution is -2.38. The van der Waals surface area contributed by atoms with Gasteiger partial charge in [-0.25, -0.2) is 0 Å². The van der Waals surface area contributed by atoms with Gasteiger partial charge in [0, 0.05) is 24.8 Å². The lowest BCUT2D eigenvalue weighted by molar-refractivity contribution is 0.0353. The summed E-state index contributed by atoms with van der Waals surface area (Å²) in [5.74, 6) is 0. The van der Waals surface area contributed by atoms with Gasteiger partial charge in [-0.05, 0) is 41.2 Å². The molecule has 1 aromatic rings. The van der Waals surface area contributed by atoms with Crippen LogP contribution in [0.5, 0.6) is 0 Å². The van der Waals surface area contributed by atoms with Crippen molar-refractivity contribution >= 4 is 0 Å². The van der Waals surface area contributed by atoms with E-state index in [9.17, 15) is 5.11 Å². The summed E-state index contributed by atoms with van der Waals surface area (Å²) < 4.78 is 1.99. The van der Waals surface area contributed by atoms with Crippen LogP contribution < -0.4 is 0 Å². The molecule has 0 amide bonds. The minimum atomic E-state index is -0.657. The van der Waals surface area contributed by atoms with Crippen molar-refractivity contribution in [2.24, 2.45) is 0 Å². The molecule has 0 aliphatic carbocycles. The van der Waals surface area contributed by atoms with E-state index in [1.165, 1.54) is 5.56 Å². The maximum atomic E-state index is 9.87. The Balaban J connectivity index is 2.68. The van der Waals surface area contributed by atoms with Crippen LogP contribution in [0, 0.1) is 0 Å². The van der Waals surface area contributed by atoms with Crippen molar-refractivity contribution < 1.29 is 5.11 Å². The van der Waals surface area contributed by atoms with Gasteiger partial charge in [0.1, 0.15) is 0 Å². The van der Waals surface area contributed by atoms with Crippen LogP contribution in [-0.4, -0.2) is 38.5 Å². The van der Waals surface area contributed by atoms with E-state index in [2.05, 4.69) is 43.9 Å². The lowest BCUT2D eigenvalue weighted by atomic mass is 10.1. The fourth-order valence-corrected chi connectivity index (χ4v) is 1.89. The van der Waals surface area contributed by atoms with Crippen molar-refractivity contribution in [3.8, 4) is 0 Å². The molecular formula is C14H27N3O. The van der Waals surface area contributed by atoms with E-state index >= 15 is 0 Å².